The second-order valence-corrected chi connectivity index (χ2v) is 5.69. The normalized spacial score (nSPS) is 32.3. The first-order valence-electron chi connectivity index (χ1n) is 6.89. The van der Waals surface area contributed by atoms with Crippen LogP contribution in [-0.4, -0.2) is 76.9 Å². The minimum Gasteiger partial charge on any atom is -0.480 e. The van der Waals surface area contributed by atoms with Gasteiger partial charge < -0.3 is 24.7 Å². The molecule has 21 heavy (non-hydrogen) atoms. The van der Waals surface area contributed by atoms with Gasteiger partial charge >= 0.3 is 18.0 Å². The Morgan fingerprint density at radius 1 is 1.19 bits per heavy atom. The minimum absolute atomic E-state index is 0.00354. The number of methoxy groups -OCH3 is 1. The molecule has 2 heterocycles. The van der Waals surface area contributed by atoms with E-state index in [2.05, 4.69) is 0 Å². The number of aliphatic hydroxyl groups is 1. The minimum atomic E-state index is -1.13. The largest absolute Gasteiger partial charge is 0.480 e. The maximum absolute atomic E-state index is 12.4. The first-order chi connectivity index (χ1) is 9.85. The molecule has 2 saturated heterocycles. The van der Waals surface area contributed by atoms with Crippen molar-refractivity contribution in [1.82, 2.24) is 9.80 Å². The average molecular weight is 300 g/mol. The van der Waals surface area contributed by atoms with Crippen molar-refractivity contribution in [3.63, 3.8) is 0 Å². The van der Waals surface area contributed by atoms with Gasteiger partial charge in [-0.3, -0.25) is 4.79 Å². The summed E-state index contributed by atoms with van der Waals surface area (Å²) in [5, 5.41) is 18.7. The van der Waals surface area contributed by atoms with Crippen LogP contribution in [0.25, 0.3) is 0 Å². The molecule has 4 atom stereocenters. The fourth-order valence-corrected chi connectivity index (χ4v) is 3.02. The number of amides is 2. The molecule has 2 rings (SSSR count). The van der Waals surface area contributed by atoms with E-state index in [4.69, 9.17) is 9.84 Å². The van der Waals surface area contributed by atoms with Crippen LogP contribution >= 0.6 is 0 Å². The van der Waals surface area contributed by atoms with Crippen molar-refractivity contribution >= 4 is 18.0 Å². The number of carboxylic acids is 1. The van der Waals surface area contributed by atoms with Gasteiger partial charge in [0.05, 0.1) is 19.1 Å². The van der Waals surface area contributed by atoms with Gasteiger partial charge in [0, 0.05) is 26.1 Å². The number of urea groups is 1. The van der Waals surface area contributed by atoms with Gasteiger partial charge in [-0.25, -0.2) is 9.59 Å². The van der Waals surface area contributed by atoms with E-state index < -0.39 is 30.1 Å². The number of ether oxygens (including phenoxy) is 1. The van der Waals surface area contributed by atoms with Gasteiger partial charge in [-0.1, -0.05) is 6.92 Å². The summed E-state index contributed by atoms with van der Waals surface area (Å²) in [7, 11) is 1.30. The van der Waals surface area contributed by atoms with Crippen LogP contribution in [0.4, 0.5) is 4.79 Å². The van der Waals surface area contributed by atoms with Crippen molar-refractivity contribution in [2.45, 2.75) is 25.5 Å². The highest BCUT2D eigenvalue weighted by molar-refractivity contribution is 5.84. The Kier molecular flexibility index (Phi) is 4.36. The highest BCUT2D eigenvalue weighted by atomic mass is 16.5. The number of likely N-dealkylation sites (tertiary alicyclic amines) is 2. The molecule has 0 saturated carbocycles. The second-order valence-electron chi connectivity index (χ2n) is 5.69. The zero-order valence-corrected chi connectivity index (χ0v) is 12.1. The Labute approximate surface area is 122 Å². The zero-order valence-electron chi connectivity index (χ0n) is 12.1. The second kappa shape index (κ2) is 5.88. The van der Waals surface area contributed by atoms with Gasteiger partial charge in [-0.2, -0.15) is 0 Å². The maximum Gasteiger partial charge on any atom is 0.326 e. The fraction of sp³-hybridized carbons (Fsp3) is 0.769. The van der Waals surface area contributed by atoms with E-state index >= 15 is 0 Å². The Bertz CT molecular complexity index is 454. The van der Waals surface area contributed by atoms with Crippen LogP contribution in [0.1, 0.15) is 13.3 Å². The van der Waals surface area contributed by atoms with Crippen LogP contribution in [0.15, 0.2) is 0 Å². The van der Waals surface area contributed by atoms with Crippen molar-refractivity contribution in [3.05, 3.63) is 0 Å². The van der Waals surface area contributed by atoms with E-state index in [1.165, 1.54) is 16.9 Å². The number of carbonyl (C=O) groups is 3. The Balaban J connectivity index is 2.07. The van der Waals surface area contributed by atoms with Gasteiger partial charge in [0.1, 0.15) is 6.04 Å². The van der Waals surface area contributed by atoms with E-state index in [1.807, 2.05) is 6.92 Å². The van der Waals surface area contributed by atoms with Crippen LogP contribution in [0.3, 0.4) is 0 Å². The number of esters is 1. The first kappa shape index (κ1) is 15.6. The summed E-state index contributed by atoms with van der Waals surface area (Å²) in [6.45, 7) is 2.44. The van der Waals surface area contributed by atoms with Crippen LogP contribution in [0.5, 0.6) is 0 Å². The molecule has 2 N–H and O–H groups in total. The predicted molar refractivity (Wildman–Crippen MR) is 70.4 cm³/mol. The first-order valence-corrected chi connectivity index (χ1v) is 6.89. The summed E-state index contributed by atoms with van der Waals surface area (Å²) in [6, 6.07) is -1.46. The van der Waals surface area contributed by atoms with Gasteiger partial charge in [0.2, 0.25) is 0 Å². The number of carboxylic acid groups (broad SMARTS) is 1. The predicted octanol–water partition coefficient (Wildman–Crippen LogP) is -0.633. The third-order valence-electron chi connectivity index (χ3n) is 4.20. The summed E-state index contributed by atoms with van der Waals surface area (Å²) < 4.78 is 4.71. The number of hydrogen-bond donors (Lipinski definition) is 2. The van der Waals surface area contributed by atoms with Crippen molar-refractivity contribution < 1.29 is 29.3 Å². The molecule has 0 spiro atoms. The molecule has 0 aliphatic carbocycles. The fourth-order valence-electron chi connectivity index (χ4n) is 3.02. The quantitative estimate of drug-likeness (QED) is 0.657. The molecular weight excluding hydrogens is 280 g/mol. The molecule has 118 valence electrons. The molecule has 0 aromatic carbocycles. The number of nitrogens with zero attached hydrogens (tertiary/aromatic N) is 2. The van der Waals surface area contributed by atoms with E-state index in [0.29, 0.717) is 6.54 Å². The summed E-state index contributed by atoms with van der Waals surface area (Å²) in [5.41, 5.74) is 0. The molecule has 0 aromatic rings. The zero-order chi connectivity index (χ0) is 15.7. The van der Waals surface area contributed by atoms with E-state index in [1.54, 1.807) is 0 Å². The highest BCUT2D eigenvalue weighted by Crippen LogP contribution is 2.27. The number of rotatable bonds is 2. The maximum atomic E-state index is 12.4. The molecule has 2 fully saturated rings. The van der Waals surface area contributed by atoms with E-state index in [-0.39, 0.29) is 31.4 Å². The van der Waals surface area contributed by atoms with Crippen molar-refractivity contribution in [2.75, 3.05) is 26.7 Å². The summed E-state index contributed by atoms with van der Waals surface area (Å²) in [5.74, 6) is -1.93. The molecule has 0 aromatic heterocycles. The average Bonchev–Trinajstić information content (AvgIpc) is 3.00. The molecule has 2 unspecified atom stereocenters. The van der Waals surface area contributed by atoms with Gasteiger partial charge in [-0.15, -0.1) is 0 Å². The number of aliphatic carboxylic acids is 1. The molecular formula is C13H20N2O6. The van der Waals surface area contributed by atoms with Gasteiger partial charge in [0.15, 0.2) is 0 Å². The number of hydrogen-bond acceptors (Lipinski definition) is 5. The Morgan fingerprint density at radius 2 is 1.86 bits per heavy atom. The van der Waals surface area contributed by atoms with Crippen LogP contribution in [0, 0.1) is 11.8 Å². The lowest BCUT2D eigenvalue weighted by molar-refractivity contribution is -0.146. The molecule has 8 nitrogen and oxygen atoms in total. The lowest BCUT2D eigenvalue weighted by Gasteiger charge is -2.27. The summed E-state index contributed by atoms with van der Waals surface area (Å²) in [4.78, 5) is 37.9. The number of aliphatic hydroxyl groups excluding tert-OH is 1. The van der Waals surface area contributed by atoms with Gasteiger partial charge in [-0.05, 0) is 5.92 Å². The smallest absolute Gasteiger partial charge is 0.326 e. The van der Waals surface area contributed by atoms with Crippen molar-refractivity contribution in [2.24, 2.45) is 11.8 Å². The molecule has 0 radical (unpaired) electrons. The Morgan fingerprint density at radius 3 is 2.43 bits per heavy atom. The van der Waals surface area contributed by atoms with E-state index in [0.717, 1.165) is 0 Å². The molecule has 2 aliphatic rings. The lowest BCUT2D eigenvalue weighted by atomic mass is 9.99. The number of carbonyl (C=O) groups excluding carboxylic acids is 2. The van der Waals surface area contributed by atoms with Crippen LogP contribution in [-0.2, 0) is 14.3 Å². The number of β-amino-alcohol motifs (C(OH)–C–C–N with tert-alkyl or cyclic N) is 1. The highest BCUT2D eigenvalue weighted by Gasteiger charge is 2.44. The summed E-state index contributed by atoms with van der Waals surface area (Å²) >= 11 is 0. The molecule has 8 heteroatoms. The van der Waals surface area contributed by atoms with Crippen LogP contribution in [0.2, 0.25) is 0 Å². The lowest BCUT2D eigenvalue weighted by Crippen LogP contribution is -2.47. The van der Waals surface area contributed by atoms with E-state index in [9.17, 15) is 19.5 Å². The topological polar surface area (TPSA) is 107 Å². The third kappa shape index (κ3) is 2.94. The molecule has 0 bridgehead atoms. The van der Waals surface area contributed by atoms with Crippen molar-refractivity contribution in [3.8, 4) is 0 Å². The third-order valence-corrected chi connectivity index (χ3v) is 4.20. The van der Waals surface area contributed by atoms with Gasteiger partial charge in [0.25, 0.3) is 0 Å². The van der Waals surface area contributed by atoms with Crippen LogP contribution < -0.4 is 0 Å². The SMILES string of the molecule is COC(=O)C1CN(C(=O)N2C[C@H](O)C[C@H]2C(=O)O)CC1C. The monoisotopic (exact) mass is 300 g/mol. The standard InChI is InChI=1S/C13H20N2O6/c1-7-4-14(6-9(7)12(19)21-2)13(20)15-5-8(16)3-10(15)11(17)18/h7-10,16H,3-6H2,1-2H3,(H,17,18)/t7?,8-,9?,10+/m1/s1. The summed E-state index contributed by atoms with van der Waals surface area (Å²) in [6.07, 6.45) is -0.795. The molecule has 2 amide bonds. The Hall–Kier alpha value is -1.83. The molecule has 2 aliphatic heterocycles. The van der Waals surface area contributed by atoms with Crippen molar-refractivity contribution in [1.29, 1.82) is 0 Å².